The highest BCUT2D eigenvalue weighted by molar-refractivity contribution is 6.22. The number of carbonyl (C=O) groups is 1. The number of rotatable bonds is 1. The molecule has 0 aromatic carbocycles. The van der Waals surface area contributed by atoms with Gasteiger partial charge in [-0.1, -0.05) is 0 Å². The molecule has 0 heterocycles. The van der Waals surface area contributed by atoms with Crippen LogP contribution < -0.4 is 0 Å². The molecule has 4 aliphatic carbocycles. The van der Waals surface area contributed by atoms with Gasteiger partial charge in [-0.05, 0) is 30.1 Å². The smallest absolute Gasteiger partial charge is 0.307 e. The van der Waals surface area contributed by atoms with E-state index >= 15 is 0 Å². The van der Waals surface area contributed by atoms with Crippen LogP contribution in [0.15, 0.2) is 0 Å². The van der Waals surface area contributed by atoms with Crippen LogP contribution in [0.5, 0.6) is 0 Å². The molecule has 0 aromatic rings. The quantitative estimate of drug-likeness (QED) is 0.604. The zero-order chi connectivity index (χ0) is 7.75. The van der Waals surface area contributed by atoms with E-state index in [2.05, 4.69) is 0 Å². The molecule has 3 heteroatoms. The largest absolute Gasteiger partial charge is 0.481 e. The SMILES string of the molecule is O=C(O)[C@H]1[C@H]2C[C@H]3[C@@H]([C@H]2Cl)[C@H]31. The summed E-state index contributed by atoms with van der Waals surface area (Å²) in [6.07, 6.45) is 1.08. The third-order valence-electron chi connectivity index (χ3n) is 3.77. The van der Waals surface area contributed by atoms with Gasteiger partial charge in [0.15, 0.2) is 0 Å². The van der Waals surface area contributed by atoms with E-state index in [4.69, 9.17) is 16.7 Å². The monoisotopic (exact) mass is 172 g/mol. The van der Waals surface area contributed by atoms with E-state index in [-0.39, 0.29) is 11.3 Å². The second-order valence-electron chi connectivity index (χ2n) is 4.03. The molecule has 6 atom stereocenters. The summed E-state index contributed by atoms with van der Waals surface area (Å²) < 4.78 is 0. The highest BCUT2D eigenvalue weighted by Crippen LogP contribution is 2.74. The highest BCUT2D eigenvalue weighted by atomic mass is 35.5. The molecule has 1 N–H and O–H groups in total. The number of carboxylic acids is 1. The van der Waals surface area contributed by atoms with Crippen LogP contribution in [-0.2, 0) is 4.79 Å². The minimum Gasteiger partial charge on any atom is -0.481 e. The molecule has 4 rings (SSSR count). The number of halogens is 1. The van der Waals surface area contributed by atoms with Crippen molar-refractivity contribution in [1.29, 1.82) is 0 Å². The predicted molar refractivity (Wildman–Crippen MR) is 39.3 cm³/mol. The van der Waals surface area contributed by atoms with Crippen LogP contribution in [-0.4, -0.2) is 16.5 Å². The van der Waals surface area contributed by atoms with Crippen LogP contribution in [0.1, 0.15) is 6.42 Å². The summed E-state index contributed by atoms with van der Waals surface area (Å²) >= 11 is 6.07. The van der Waals surface area contributed by atoms with Gasteiger partial charge in [-0.15, -0.1) is 11.6 Å². The minimum atomic E-state index is -0.617. The Morgan fingerprint density at radius 3 is 2.27 bits per heavy atom. The molecule has 60 valence electrons. The van der Waals surface area contributed by atoms with Crippen molar-refractivity contribution < 1.29 is 9.90 Å². The lowest BCUT2D eigenvalue weighted by Gasteiger charge is -2.10. The molecule has 0 unspecified atom stereocenters. The van der Waals surface area contributed by atoms with Gasteiger partial charge in [-0.2, -0.15) is 0 Å². The maximum absolute atomic E-state index is 10.8. The van der Waals surface area contributed by atoms with E-state index < -0.39 is 5.97 Å². The van der Waals surface area contributed by atoms with Crippen molar-refractivity contribution in [2.45, 2.75) is 11.8 Å². The normalized spacial score (nSPS) is 63.4. The van der Waals surface area contributed by atoms with Gasteiger partial charge in [-0.3, -0.25) is 4.79 Å². The molecule has 4 aliphatic rings. The standard InChI is InChI=1S/C8H9ClO2/c9-7-3-1-2-4(5(2)7)6(3)8(10)11/h2-7H,1H2,(H,10,11)/t2-,3-,4+,5-,6+,7+/m1/s1. The average molecular weight is 173 g/mol. The molecule has 0 saturated heterocycles. The lowest BCUT2D eigenvalue weighted by molar-refractivity contribution is -0.143. The van der Waals surface area contributed by atoms with Gasteiger partial charge in [0, 0.05) is 5.38 Å². The van der Waals surface area contributed by atoms with Crippen LogP contribution in [0.4, 0.5) is 0 Å². The fourth-order valence-corrected chi connectivity index (χ4v) is 4.02. The molecule has 11 heavy (non-hydrogen) atoms. The molecule has 4 bridgehead atoms. The number of hydrogen-bond acceptors (Lipinski definition) is 1. The third kappa shape index (κ3) is 0.516. The van der Waals surface area contributed by atoms with Crippen LogP contribution in [0.25, 0.3) is 0 Å². The Balaban J connectivity index is 1.97. The molecule has 0 aliphatic heterocycles. The first-order valence-corrected chi connectivity index (χ1v) is 4.52. The zero-order valence-electron chi connectivity index (χ0n) is 5.90. The number of hydrogen-bond donors (Lipinski definition) is 1. The second-order valence-corrected chi connectivity index (χ2v) is 4.53. The molecule has 4 fully saturated rings. The molecule has 0 spiro atoms. The Kier molecular flexibility index (Phi) is 0.905. The van der Waals surface area contributed by atoms with Gasteiger partial charge >= 0.3 is 5.97 Å². The number of alkyl halides is 1. The molecule has 4 saturated carbocycles. The second kappa shape index (κ2) is 1.58. The summed E-state index contributed by atoms with van der Waals surface area (Å²) in [5, 5.41) is 9.05. The Hall–Kier alpha value is -0.240. The van der Waals surface area contributed by atoms with E-state index in [1.54, 1.807) is 0 Å². The van der Waals surface area contributed by atoms with Crippen LogP contribution in [0, 0.1) is 29.6 Å². The van der Waals surface area contributed by atoms with Crippen molar-refractivity contribution in [3.05, 3.63) is 0 Å². The van der Waals surface area contributed by atoms with Crippen molar-refractivity contribution in [3.63, 3.8) is 0 Å². The van der Waals surface area contributed by atoms with Crippen molar-refractivity contribution in [2.24, 2.45) is 29.6 Å². The topological polar surface area (TPSA) is 37.3 Å². The van der Waals surface area contributed by atoms with Crippen LogP contribution >= 0.6 is 11.6 Å². The average Bonchev–Trinajstić information content (AvgIpc) is 2.33. The fourth-order valence-electron chi connectivity index (χ4n) is 3.40. The number of aliphatic carboxylic acids is 1. The van der Waals surface area contributed by atoms with Crippen molar-refractivity contribution in [2.75, 3.05) is 0 Å². The summed E-state index contributed by atoms with van der Waals surface area (Å²) in [7, 11) is 0. The first-order chi connectivity index (χ1) is 5.22. The minimum absolute atomic E-state index is 0.0903. The molecule has 2 nitrogen and oxygen atoms in total. The van der Waals surface area contributed by atoms with Crippen LogP contribution in [0.2, 0.25) is 0 Å². The van der Waals surface area contributed by atoms with Gasteiger partial charge in [0.2, 0.25) is 0 Å². The van der Waals surface area contributed by atoms with E-state index in [1.165, 1.54) is 0 Å². The molecule has 0 aromatic heterocycles. The van der Waals surface area contributed by atoms with Gasteiger partial charge in [0.1, 0.15) is 0 Å². The predicted octanol–water partition coefficient (Wildman–Crippen LogP) is 1.19. The Labute approximate surface area is 69.5 Å². The molecular formula is C8H9ClO2. The fraction of sp³-hybridized carbons (Fsp3) is 0.875. The summed E-state index contributed by atoms with van der Waals surface area (Å²) in [4.78, 5) is 10.8. The van der Waals surface area contributed by atoms with Crippen molar-refractivity contribution in [1.82, 2.24) is 0 Å². The lowest BCUT2D eigenvalue weighted by atomic mass is 9.99. The zero-order valence-corrected chi connectivity index (χ0v) is 6.66. The van der Waals surface area contributed by atoms with E-state index in [0.29, 0.717) is 23.7 Å². The summed E-state index contributed by atoms with van der Waals surface area (Å²) in [6.45, 7) is 0. The Morgan fingerprint density at radius 1 is 1.36 bits per heavy atom. The van der Waals surface area contributed by atoms with E-state index in [1.807, 2.05) is 0 Å². The third-order valence-corrected chi connectivity index (χ3v) is 4.39. The lowest BCUT2D eigenvalue weighted by Crippen LogP contribution is -2.20. The van der Waals surface area contributed by atoms with E-state index in [9.17, 15) is 4.79 Å². The molecule has 0 radical (unpaired) electrons. The first kappa shape index (κ1) is 6.30. The van der Waals surface area contributed by atoms with Crippen molar-refractivity contribution in [3.8, 4) is 0 Å². The van der Waals surface area contributed by atoms with Gasteiger partial charge < -0.3 is 5.11 Å². The Morgan fingerprint density at radius 2 is 2.09 bits per heavy atom. The van der Waals surface area contributed by atoms with E-state index in [0.717, 1.165) is 6.42 Å². The van der Waals surface area contributed by atoms with Gasteiger partial charge in [-0.25, -0.2) is 0 Å². The Bertz CT molecular complexity index is 240. The maximum Gasteiger partial charge on any atom is 0.307 e. The highest BCUT2D eigenvalue weighted by Gasteiger charge is 2.74. The summed E-state index contributed by atoms with van der Waals surface area (Å²) in [6, 6.07) is 0. The molecular weight excluding hydrogens is 164 g/mol. The van der Waals surface area contributed by atoms with Gasteiger partial charge in [0.05, 0.1) is 5.92 Å². The van der Waals surface area contributed by atoms with Crippen LogP contribution in [0.3, 0.4) is 0 Å². The maximum atomic E-state index is 10.8. The van der Waals surface area contributed by atoms with Gasteiger partial charge in [0.25, 0.3) is 0 Å². The summed E-state index contributed by atoms with van der Waals surface area (Å²) in [5.41, 5.74) is 0. The van der Waals surface area contributed by atoms with Crippen molar-refractivity contribution >= 4 is 17.6 Å². The number of carboxylic acid groups (broad SMARTS) is 1. The first-order valence-electron chi connectivity index (χ1n) is 4.08. The summed E-state index contributed by atoms with van der Waals surface area (Å²) in [5.74, 6) is 1.31. The molecule has 0 amide bonds.